The summed E-state index contributed by atoms with van der Waals surface area (Å²) in [5, 5.41) is 4.91. The summed E-state index contributed by atoms with van der Waals surface area (Å²) in [6.07, 6.45) is 3.39. The van der Waals surface area contributed by atoms with Gasteiger partial charge in [0.2, 0.25) is 0 Å². The number of hydrogen-bond acceptors (Lipinski definition) is 5. The number of benzene rings is 2. The van der Waals surface area contributed by atoms with E-state index in [0.717, 1.165) is 21.5 Å². The fourth-order valence-corrected chi connectivity index (χ4v) is 4.05. The van der Waals surface area contributed by atoms with Gasteiger partial charge in [0, 0.05) is 12.7 Å². The summed E-state index contributed by atoms with van der Waals surface area (Å²) in [5.74, 6) is 0.693. The van der Waals surface area contributed by atoms with Gasteiger partial charge < -0.3 is 4.74 Å². The summed E-state index contributed by atoms with van der Waals surface area (Å²) >= 11 is 1.49. The molecular formula is C22H22N4O2S. The molecule has 0 bridgehead atoms. The zero-order chi connectivity index (χ0) is 20.2. The highest BCUT2D eigenvalue weighted by Gasteiger charge is 2.23. The molecule has 0 aliphatic carbocycles. The van der Waals surface area contributed by atoms with Crippen LogP contribution in [0.5, 0.6) is 5.75 Å². The second kappa shape index (κ2) is 8.45. The van der Waals surface area contributed by atoms with Gasteiger partial charge in [-0.2, -0.15) is 5.10 Å². The number of carbonyl (C=O) groups excluding carboxylic acids is 1. The Bertz CT molecular complexity index is 1120. The molecule has 4 rings (SSSR count). The smallest absolute Gasteiger partial charge is 0.263 e. The molecule has 29 heavy (non-hydrogen) atoms. The van der Waals surface area contributed by atoms with Crippen molar-refractivity contribution in [3.63, 3.8) is 0 Å². The summed E-state index contributed by atoms with van der Waals surface area (Å²) in [6.45, 7) is 5.71. The Labute approximate surface area is 173 Å². The predicted molar refractivity (Wildman–Crippen MR) is 116 cm³/mol. The van der Waals surface area contributed by atoms with Gasteiger partial charge >= 0.3 is 0 Å². The van der Waals surface area contributed by atoms with E-state index < -0.39 is 0 Å². The number of rotatable bonds is 7. The molecule has 6 nitrogen and oxygen atoms in total. The molecule has 0 aliphatic heterocycles. The summed E-state index contributed by atoms with van der Waals surface area (Å²) in [5.41, 5.74) is 2.44. The lowest BCUT2D eigenvalue weighted by molar-refractivity contribution is 0.0985. The topological polar surface area (TPSA) is 60.2 Å². The van der Waals surface area contributed by atoms with Crippen LogP contribution in [0, 0.1) is 0 Å². The number of thiazole rings is 1. The molecule has 0 unspecified atom stereocenters. The molecule has 2 heterocycles. The SMILES string of the molecule is CCOc1ccc2nc(N(Cc3ccccc3)C(=O)c3cnn(CC)c3)sc2c1. The monoisotopic (exact) mass is 406 g/mol. The van der Waals surface area contributed by atoms with Crippen LogP contribution >= 0.6 is 11.3 Å². The molecule has 1 amide bonds. The fourth-order valence-electron chi connectivity index (χ4n) is 3.06. The van der Waals surface area contributed by atoms with Crippen LogP contribution in [0.25, 0.3) is 10.2 Å². The van der Waals surface area contributed by atoms with Crippen LogP contribution in [-0.2, 0) is 13.1 Å². The zero-order valence-corrected chi connectivity index (χ0v) is 17.2. The van der Waals surface area contributed by atoms with Gasteiger partial charge in [0.1, 0.15) is 5.75 Å². The van der Waals surface area contributed by atoms with Crippen molar-refractivity contribution in [3.05, 3.63) is 72.1 Å². The number of carbonyl (C=O) groups is 1. The standard InChI is InChI=1S/C22H22N4O2S/c1-3-25-15-17(13-23-25)21(27)26(14-16-8-6-5-7-9-16)22-24-19-11-10-18(28-4-2)12-20(19)29-22/h5-13,15H,3-4,14H2,1-2H3. The van der Waals surface area contributed by atoms with Crippen molar-refractivity contribution in [2.24, 2.45) is 0 Å². The maximum absolute atomic E-state index is 13.3. The van der Waals surface area contributed by atoms with Gasteiger partial charge in [-0.3, -0.25) is 14.4 Å². The molecule has 0 spiro atoms. The molecule has 0 aliphatic rings. The van der Waals surface area contributed by atoms with Gasteiger partial charge in [0.25, 0.3) is 5.91 Å². The van der Waals surface area contributed by atoms with Crippen molar-refractivity contribution < 1.29 is 9.53 Å². The van der Waals surface area contributed by atoms with E-state index in [0.29, 0.717) is 30.4 Å². The van der Waals surface area contributed by atoms with Gasteiger partial charge in [-0.15, -0.1) is 0 Å². The van der Waals surface area contributed by atoms with E-state index in [9.17, 15) is 4.79 Å². The Balaban J connectivity index is 1.72. The number of aromatic nitrogens is 3. The molecule has 2 aromatic carbocycles. The third-order valence-electron chi connectivity index (χ3n) is 4.52. The number of aryl methyl sites for hydroxylation is 1. The number of fused-ring (bicyclic) bond motifs is 1. The van der Waals surface area contributed by atoms with E-state index in [1.165, 1.54) is 11.3 Å². The minimum atomic E-state index is -0.113. The minimum absolute atomic E-state index is 0.113. The fraction of sp³-hybridized carbons (Fsp3) is 0.227. The van der Waals surface area contributed by atoms with Crippen molar-refractivity contribution in [2.75, 3.05) is 11.5 Å². The Kier molecular flexibility index (Phi) is 5.57. The lowest BCUT2D eigenvalue weighted by Crippen LogP contribution is -2.30. The van der Waals surface area contributed by atoms with Crippen molar-refractivity contribution in [1.82, 2.24) is 14.8 Å². The molecule has 0 atom stereocenters. The number of hydrogen-bond donors (Lipinski definition) is 0. The predicted octanol–water partition coefficient (Wildman–Crippen LogP) is 4.76. The average Bonchev–Trinajstić information content (AvgIpc) is 3.39. The lowest BCUT2D eigenvalue weighted by atomic mass is 10.2. The molecular weight excluding hydrogens is 384 g/mol. The van der Waals surface area contributed by atoms with Gasteiger partial charge in [-0.25, -0.2) is 4.98 Å². The third-order valence-corrected chi connectivity index (χ3v) is 5.56. The molecule has 0 N–H and O–H groups in total. The Morgan fingerprint density at radius 3 is 2.72 bits per heavy atom. The molecule has 2 aromatic heterocycles. The second-order valence-electron chi connectivity index (χ2n) is 6.52. The molecule has 7 heteroatoms. The van der Waals surface area contributed by atoms with Crippen LogP contribution in [0.1, 0.15) is 29.8 Å². The average molecular weight is 407 g/mol. The van der Waals surface area contributed by atoms with Gasteiger partial charge in [-0.05, 0) is 37.6 Å². The quantitative estimate of drug-likeness (QED) is 0.444. The van der Waals surface area contributed by atoms with E-state index >= 15 is 0 Å². The van der Waals surface area contributed by atoms with Crippen LogP contribution < -0.4 is 9.64 Å². The first kappa shape index (κ1) is 19.1. The number of anilines is 1. The van der Waals surface area contributed by atoms with Gasteiger partial charge in [0.15, 0.2) is 5.13 Å². The molecule has 148 valence electrons. The van der Waals surface area contributed by atoms with Crippen LogP contribution in [0.3, 0.4) is 0 Å². The van der Waals surface area contributed by atoms with Gasteiger partial charge in [-0.1, -0.05) is 41.7 Å². The Hall–Kier alpha value is -3.19. The van der Waals surface area contributed by atoms with E-state index in [4.69, 9.17) is 9.72 Å². The largest absolute Gasteiger partial charge is 0.494 e. The van der Waals surface area contributed by atoms with Crippen molar-refractivity contribution in [3.8, 4) is 5.75 Å². The molecule has 4 aromatic rings. The Morgan fingerprint density at radius 2 is 2.00 bits per heavy atom. The Morgan fingerprint density at radius 1 is 1.17 bits per heavy atom. The third kappa shape index (κ3) is 4.14. The normalized spacial score (nSPS) is 11.0. The van der Waals surface area contributed by atoms with Crippen molar-refractivity contribution >= 4 is 32.6 Å². The summed E-state index contributed by atoms with van der Waals surface area (Å²) in [4.78, 5) is 19.8. The van der Waals surface area contributed by atoms with Crippen LogP contribution in [0.4, 0.5) is 5.13 Å². The molecule has 0 radical (unpaired) electrons. The van der Waals surface area contributed by atoms with Crippen molar-refractivity contribution in [1.29, 1.82) is 0 Å². The van der Waals surface area contributed by atoms with E-state index in [1.807, 2.05) is 62.4 Å². The van der Waals surface area contributed by atoms with E-state index in [1.54, 1.807) is 22.0 Å². The number of nitrogens with zero attached hydrogens (tertiary/aromatic N) is 4. The second-order valence-corrected chi connectivity index (χ2v) is 7.53. The highest BCUT2D eigenvalue weighted by atomic mass is 32.1. The summed E-state index contributed by atoms with van der Waals surface area (Å²) in [6, 6.07) is 15.7. The van der Waals surface area contributed by atoms with Gasteiger partial charge in [0.05, 0.1) is 35.1 Å². The first-order valence-electron chi connectivity index (χ1n) is 9.59. The number of amides is 1. The first-order chi connectivity index (χ1) is 14.2. The number of ether oxygens (including phenoxy) is 1. The highest BCUT2D eigenvalue weighted by Crippen LogP contribution is 2.33. The van der Waals surface area contributed by atoms with Crippen LogP contribution in [0.2, 0.25) is 0 Å². The van der Waals surface area contributed by atoms with E-state index in [2.05, 4.69) is 5.10 Å². The maximum Gasteiger partial charge on any atom is 0.263 e. The van der Waals surface area contributed by atoms with Crippen LogP contribution in [-0.4, -0.2) is 27.3 Å². The highest BCUT2D eigenvalue weighted by molar-refractivity contribution is 7.22. The molecule has 0 saturated carbocycles. The lowest BCUT2D eigenvalue weighted by Gasteiger charge is -2.19. The molecule has 0 fully saturated rings. The maximum atomic E-state index is 13.3. The summed E-state index contributed by atoms with van der Waals surface area (Å²) < 4.78 is 8.34. The first-order valence-corrected chi connectivity index (χ1v) is 10.4. The summed E-state index contributed by atoms with van der Waals surface area (Å²) in [7, 11) is 0. The van der Waals surface area contributed by atoms with E-state index in [-0.39, 0.29) is 5.91 Å². The minimum Gasteiger partial charge on any atom is -0.494 e. The van der Waals surface area contributed by atoms with Crippen LogP contribution in [0.15, 0.2) is 60.9 Å². The molecule has 0 saturated heterocycles. The zero-order valence-electron chi connectivity index (χ0n) is 16.4. The van der Waals surface area contributed by atoms with Crippen molar-refractivity contribution in [2.45, 2.75) is 26.9 Å².